The van der Waals surface area contributed by atoms with Crippen molar-refractivity contribution in [3.8, 4) is 0 Å². The molecule has 0 fully saturated rings. The minimum atomic E-state index is -1.08. The molecule has 3 nitrogen and oxygen atoms in total. The number of carbonyl (C=O) groups excluding carboxylic acids is 1. The Morgan fingerprint density at radius 2 is 1.44 bits per heavy atom. The number of carbonyl (C=O) groups is 1. The van der Waals surface area contributed by atoms with Gasteiger partial charge in [0.05, 0.1) is 0 Å². The second-order valence-electron chi connectivity index (χ2n) is 5.30. The standard InChI is InChI=1S/C19H13F3N2O/c20-13-2-1-3-16(11-13)23-14-5-7-15(8-6-14)24-19(25)12-4-9-17(21)18(22)10-12/h1-11,23H,(H,24,25). The Labute approximate surface area is 142 Å². The van der Waals surface area contributed by atoms with E-state index in [1.807, 2.05) is 0 Å². The highest BCUT2D eigenvalue weighted by Crippen LogP contribution is 2.20. The van der Waals surface area contributed by atoms with Crippen molar-refractivity contribution < 1.29 is 18.0 Å². The Kier molecular flexibility index (Phi) is 4.70. The molecule has 1 amide bonds. The van der Waals surface area contributed by atoms with Crippen LogP contribution < -0.4 is 10.6 Å². The van der Waals surface area contributed by atoms with Crippen LogP contribution in [0.1, 0.15) is 10.4 Å². The van der Waals surface area contributed by atoms with Gasteiger partial charge in [0.1, 0.15) is 5.82 Å². The van der Waals surface area contributed by atoms with Gasteiger partial charge in [0.25, 0.3) is 5.91 Å². The zero-order chi connectivity index (χ0) is 17.8. The van der Waals surface area contributed by atoms with Crippen molar-refractivity contribution in [3.63, 3.8) is 0 Å². The van der Waals surface area contributed by atoms with E-state index >= 15 is 0 Å². The third kappa shape index (κ3) is 4.17. The van der Waals surface area contributed by atoms with Gasteiger partial charge in [-0.3, -0.25) is 4.79 Å². The number of hydrogen-bond acceptors (Lipinski definition) is 2. The molecule has 0 saturated heterocycles. The molecule has 0 spiro atoms. The van der Waals surface area contributed by atoms with Crippen molar-refractivity contribution in [1.29, 1.82) is 0 Å². The van der Waals surface area contributed by atoms with Gasteiger partial charge in [0, 0.05) is 22.6 Å². The Hall–Kier alpha value is -3.28. The molecule has 0 aliphatic carbocycles. The highest BCUT2D eigenvalue weighted by molar-refractivity contribution is 6.04. The minimum Gasteiger partial charge on any atom is -0.355 e. The normalized spacial score (nSPS) is 10.4. The van der Waals surface area contributed by atoms with Crippen LogP contribution >= 0.6 is 0 Å². The van der Waals surface area contributed by atoms with E-state index in [0.717, 1.165) is 12.1 Å². The summed E-state index contributed by atoms with van der Waals surface area (Å²) in [5.74, 6) is -2.99. The molecule has 25 heavy (non-hydrogen) atoms. The molecular weight excluding hydrogens is 329 g/mol. The van der Waals surface area contributed by atoms with E-state index in [1.165, 1.54) is 18.2 Å². The second kappa shape index (κ2) is 7.09. The number of nitrogens with one attached hydrogen (secondary N) is 2. The van der Waals surface area contributed by atoms with Gasteiger partial charge in [-0.1, -0.05) is 6.07 Å². The fourth-order valence-corrected chi connectivity index (χ4v) is 2.21. The molecule has 0 saturated carbocycles. The van der Waals surface area contributed by atoms with Crippen LogP contribution in [-0.4, -0.2) is 5.91 Å². The quantitative estimate of drug-likeness (QED) is 0.692. The fourth-order valence-electron chi connectivity index (χ4n) is 2.21. The molecule has 0 aliphatic rings. The number of amides is 1. The van der Waals surface area contributed by atoms with E-state index in [-0.39, 0.29) is 11.4 Å². The number of hydrogen-bond donors (Lipinski definition) is 2. The fraction of sp³-hybridized carbons (Fsp3) is 0. The summed E-state index contributed by atoms with van der Waals surface area (Å²) in [6.07, 6.45) is 0. The van der Waals surface area contributed by atoms with Crippen molar-refractivity contribution in [2.45, 2.75) is 0 Å². The third-order valence-electron chi connectivity index (χ3n) is 3.44. The molecule has 3 rings (SSSR count). The maximum atomic E-state index is 13.2. The van der Waals surface area contributed by atoms with Crippen LogP contribution in [0.15, 0.2) is 66.7 Å². The van der Waals surface area contributed by atoms with E-state index in [2.05, 4.69) is 10.6 Å². The van der Waals surface area contributed by atoms with E-state index in [4.69, 9.17) is 0 Å². The summed E-state index contributed by atoms with van der Waals surface area (Å²) in [5, 5.41) is 5.62. The molecule has 0 atom stereocenters. The zero-order valence-electron chi connectivity index (χ0n) is 12.9. The first kappa shape index (κ1) is 16.6. The van der Waals surface area contributed by atoms with Gasteiger partial charge in [0.15, 0.2) is 11.6 Å². The lowest BCUT2D eigenvalue weighted by Crippen LogP contribution is -2.12. The van der Waals surface area contributed by atoms with Crippen molar-refractivity contribution in [2.24, 2.45) is 0 Å². The molecule has 0 bridgehead atoms. The Morgan fingerprint density at radius 3 is 2.12 bits per heavy atom. The van der Waals surface area contributed by atoms with Crippen molar-refractivity contribution in [1.82, 2.24) is 0 Å². The Balaban J connectivity index is 1.67. The lowest BCUT2D eigenvalue weighted by molar-refractivity contribution is 0.102. The summed E-state index contributed by atoms with van der Waals surface area (Å²) in [6.45, 7) is 0. The maximum absolute atomic E-state index is 13.2. The van der Waals surface area contributed by atoms with Crippen LogP contribution in [0.25, 0.3) is 0 Å². The molecule has 3 aromatic carbocycles. The molecule has 126 valence electrons. The predicted octanol–water partition coefficient (Wildman–Crippen LogP) is 5.10. The van der Waals surface area contributed by atoms with Gasteiger partial charge in [-0.05, 0) is 60.7 Å². The summed E-state index contributed by atoms with van der Waals surface area (Å²) >= 11 is 0. The second-order valence-corrected chi connectivity index (χ2v) is 5.30. The van der Waals surface area contributed by atoms with Crippen molar-refractivity contribution in [2.75, 3.05) is 10.6 Å². The summed E-state index contributed by atoms with van der Waals surface area (Å²) in [6, 6.07) is 15.6. The molecule has 0 aliphatic heterocycles. The highest BCUT2D eigenvalue weighted by Gasteiger charge is 2.10. The first-order chi connectivity index (χ1) is 12.0. The summed E-state index contributed by atoms with van der Waals surface area (Å²) in [7, 11) is 0. The summed E-state index contributed by atoms with van der Waals surface area (Å²) in [4.78, 5) is 12.0. The molecule has 0 heterocycles. The minimum absolute atomic E-state index is 0.0147. The van der Waals surface area contributed by atoms with Gasteiger partial charge >= 0.3 is 0 Å². The van der Waals surface area contributed by atoms with Crippen LogP contribution in [0.3, 0.4) is 0 Å². The molecule has 0 aromatic heterocycles. The molecular formula is C19H13F3N2O. The first-order valence-electron chi connectivity index (χ1n) is 7.40. The Bertz CT molecular complexity index is 911. The van der Waals surface area contributed by atoms with Crippen molar-refractivity contribution >= 4 is 23.0 Å². The molecule has 0 radical (unpaired) electrons. The zero-order valence-corrected chi connectivity index (χ0v) is 12.9. The van der Waals surface area contributed by atoms with E-state index in [0.29, 0.717) is 17.1 Å². The average Bonchev–Trinajstić information content (AvgIpc) is 2.59. The van der Waals surface area contributed by atoms with Gasteiger partial charge in [-0.25, -0.2) is 13.2 Å². The van der Waals surface area contributed by atoms with E-state index in [9.17, 15) is 18.0 Å². The number of benzene rings is 3. The highest BCUT2D eigenvalue weighted by atomic mass is 19.2. The van der Waals surface area contributed by atoms with E-state index in [1.54, 1.807) is 36.4 Å². The monoisotopic (exact) mass is 342 g/mol. The van der Waals surface area contributed by atoms with Crippen LogP contribution in [-0.2, 0) is 0 Å². The number of halogens is 3. The topological polar surface area (TPSA) is 41.1 Å². The lowest BCUT2D eigenvalue weighted by atomic mass is 10.2. The Morgan fingerprint density at radius 1 is 0.720 bits per heavy atom. The van der Waals surface area contributed by atoms with Gasteiger partial charge in [-0.2, -0.15) is 0 Å². The molecule has 3 aromatic rings. The summed E-state index contributed by atoms with van der Waals surface area (Å²) in [5.41, 5.74) is 1.80. The number of rotatable bonds is 4. The lowest BCUT2D eigenvalue weighted by Gasteiger charge is -2.09. The molecule has 2 N–H and O–H groups in total. The maximum Gasteiger partial charge on any atom is 0.255 e. The smallest absolute Gasteiger partial charge is 0.255 e. The van der Waals surface area contributed by atoms with Crippen LogP contribution in [0, 0.1) is 17.5 Å². The predicted molar refractivity (Wildman–Crippen MR) is 90.4 cm³/mol. The van der Waals surface area contributed by atoms with Gasteiger partial charge < -0.3 is 10.6 Å². The third-order valence-corrected chi connectivity index (χ3v) is 3.44. The summed E-state index contributed by atoms with van der Waals surface area (Å²) < 4.78 is 39.2. The van der Waals surface area contributed by atoms with Gasteiger partial charge in [-0.15, -0.1) is 0 Å². The SMILES string of the molecule is O=C(Nc1ccc(Nc2cccc(F)c2)cc1)c1ccc(F)c(F)c1. The molecule has 0 unspecified atom stereocenters. The largest absolute Gasteiger partial charge is 0.355 e. The molecule has 6 heteroatoms. The van der Waals surface area contributed by atoms with Crippen LogP contribution in [0.4, 0.5) is 30.2 Å². The van der Waals surface area contributed by atoms with Crippen LogP contribution in [0.5, 0.6) is 0 Å². The van der Waals surface area contributed by atoms with Gasteiger partial charge in [0.2, 0.25) is 0 Å². The van der Waals surface area contributed by atoms with E-state index < -0.39 is 17.5 Å². The van der Waals surface area contributed by atoms with Crippen LogP contribution in [0.2, 0.25) is 0 Å². The number of anilines is 3. The first-order valence-corrected chi connectivity index (χ1v) is 7.40. The average molecular weight is 342 g/mol. The van der Waals surface area contributed by atoms with Crippen molar-refractivity contribution in [3.05, 3.63) is 89.7 Å².